The topological polar surface area (TPSA) is 71.1 Å². The number of carbonyl (C=O) groups excluding carboxylic acids is 2. The van der Waals surface area contributed by atoms with Gasteiger partial charge in [0.05, 0.1) is 19.9 Å². The molecule has 2 aromatic rings. The first-order valence-corrected chi connectivity index (χ1v) is 9.21. The van der Waals surface area contributed by atoms with Gasteiger partial charge in [-0.1, -0.05) is 30.3 Å². The first-order valence-electron chi connectivity index (χ1n) is 9.21. The molecule has 1 saturated heterocycles. The van der Waals surface area contributed by atoms with Gasteiger partial charge >= 0.3 is 6.03 Å². The van der Waals surface area contributed by atoms with Crippen molar-refractivity contribution in [3.05, 3.63) is 54.1 Å². The van der Waals surface area contributed by atoms with Crippen LogP contribution in [0, 0.1) is 0 Å². The second-order valence-corrected chi connectivity index (χ2v) is 6.48. The van der Waals surface area contributed by atoms with E-state index in [2.05, 4.69) is 5.32 Å². The Hall–Kier alpha value is -3.22. The van der Waals surface area contributed by atoms with Gasteiger partial charge < -0.3 is 19.7 Å². The molecule has 0 atom stereocenters. The van der Waals surface area contributed by atoms with E-state index in [1.807, 2.05) is 30.3 Å². The molecule has 0 bridgehead atoms. The zero-order valence-corrected chi connectivity index (χ0v) is 16.2. The second kappa shape index (κ2) is 9.12. The molecule has 28 heavy (non-hydrogen) atoms. The smallest absolute Gasteiger partial charge is 0.325 e. The lowest BCUT2D eigenvalue weighted by Crippen LogP contribution is -2.40. The molecule has 0 saturated carbocycles. The highest BCUT2D eigenvalue weighted by atomic mass is 16.5. The Bertz CT molecular complexity index is 826. The maximum atomic E-state index is 12.8. The Morgan fingerprint density at radius 2 is 1.86 bits per heavy atom. The Morgan fingerprint density at radius 3 is 2.57 bits per heavy atom. The number of rotatable bonds is 8. The standard InChI is InChI=1S/C21H25N3O4/c1-27-17-8-9-19(28-2)18(14-17)24-13-12-23(21(24)26)15-20(25)22-11-10-16-6-4-3-5-7-16/h3-9,14H,10-13,15H2,1-2H3,(H,22,25). The fourth-order valence-electron chi connectivity index (χ4n) is 3.18. The van der Waals surface area contributed by atoms with Crippen molar-refractivity contribution in [1.82, 2.24) is 10.2 Å². The maximum Gasteiger partial charge on any atom is 0.325 e. The Balaban J connectivity index is 1.56. The van der Waals surface area contributed by atoms with E-state index in [0.29, 0.717) is 36.8 Å². The molecular formula is C21H25N3O4. The quantitative estimate of drug-likeness (QED) is 0.759. The van der Waals surface area contributed by atoms with Crippen molar-refractivity contribution in [3.8, 4) is 11.5 Å². The molecule has 2 aromatic carbocycles. The van der Waals surface area contributed by atoms with Crippen molar-refractivity contribution in [1.29, 1.82) is 0 Å². The highest BCUT2D eigenvalue weighted by Crippen LogP contribution is 2.34. The largest absolute Gasteiger partial charge is 0.497 e. The van der Waals surface area contributed by atoms with Crippen LogP contribution in [0.2, 0.25) is 0 Å². The SMILES string of the molecule is COc1ccc(OC)c(N2CCN(CC(=O)NCCc3ccccc3)C2=O)c1. The van der Waals surface area contributed by atoms with E-state index in [9.17, 15) is 9.59 Å². The molecule has 0 aromatic heterocycles. The molecule has 1 fully saturated rings. The summed E-state index contributed by atoms with van der Waals surface area (Å²) in [6, 6.07) is 15.0. The lowest BCUT2D eigenvalue weighted by Gasteiger charge is -2.21. The van der Waals surface area contributed by atoms with E-state index >= 15 is 0 Å². The number of hydrogen-bond donors (Lipinski definition) is 1. The van der Waals surface area contributed by atoms with E-state index in [4.69, 9.17) is 9.47 Å². The molecule has 3 amide bonds. The monoisotopic (exact) mass is 383 g/mol. The normalized spacial score (nSPS) is 13.6. The van der Waals surface area contributed by atoms with Crippen molar-refractivity contribution in [2.45, 2.75) is 6.42 Å². The van der Waals surface area contributed by atoms with Crippen LogP contribution in [-0.2, 0) is 11.2 Å². The van der Waals surface area contributed by atoms with Crippen LogP contribution in [0.1, 0.15) is 5.56 Å². The summed E-state index contributed by atoms with van der Waals surface area (Å²) in [4.78, 5) is 28.2. The molecule has 0 radical (unpaired) electrons. The number of hydrogen-bond acceptors (Lipinski definition) is 4. The van der Waals surface area contributed by atoms with Crippen molar-refractivity contribution < 1.29 is 19.1 Å². The van der Waals surface area contributed by atoms with E-state index in [1.54, 1.807) is 37.3 Å². The van der Waals surface area contributed by atoms with Crippen molar-refractivity contribution in [2.75, 3.05) is 45.3 Å². The first kappa shape index (κ1) is 19.5. The molecule has 1 aliphatic rings. The third kappa shape index (κ3) is 4.54. The van der Waals surface area contributed by atoms with Gasteiger partial charge in [0.25, 0.3) is 0 Å². The van der Waals surface area contributed by atoms with Crippen LogP contribution in [0.3, 0.4) is 0 Å². The van der Waals surface area contributed by atoms with E-state index in [1.165, 1.54) is 4.90 Å². The summed E-state index contributed by atoms with van der Waals surface area (Å²) in [5, 5.41) is 2.88. The summed E-state index contributed by atoms with van der Waals surface area (Å²) in [5.41, 5.74) is 1.80. The van der Waals surface area contributed by atoms with Crippen LogP contribution in [0.15, 0.2) is 48.5 Å². The Labute approximate surface area is 164 Å². The summed E-state index contributed by atoms with van der Waals surface area (Å²) < 4.78 is 10.6. The summed E-state index contributed by atoms with van der Waals surface area (Å²) in [6.45, 7) is 1.54. The van der Waals surface area contributed by atoms with Gasteiger partial charge in [-0.2, -0.15) is 0 Å². The van der Waals surface area contributed by atoms with Gasteiger partial charge in [-0.3, -0.25) is 9.69 Å². The third-order valence-corrected chi connectivity index (χ3v) is 4.68. The molecule has 0 spiro atoms. The summed E-state index contributed by atoms with van der Waals surface area (Å²) in [5.74, 6) is 1.06. The van der Waals surface area contributed by atoms with Crippen molar-refractivity contribution >= 4 is 17.6 Å². The molecule has 0 unspecified atom stereocenters. The lowest BCUT2D eigenvalue weighted by molar-refractivity contribution is -0.121. The molecule has 7 heteroatoms. The molecule has 148 valence electrons. The summed E-state index contributed by atoms with van der Waals surface area (Å²) >= 11 is 0. The van der Waals surface area contributed by atoms with Crippen LogP contribution in [0.25, 0.3) is 0 Å². The number of carbonyl (C=O) groups is 2. The molecule has 1 heterocycles. The predicted molar refractivity (Wildman–Crippen MR) is 107 cm³/mol. The Kier molecular flexibility index (Phi) is 6.37. The molecule has 1 N–H and O–H groups in total. The fourth-order valence-corrected chi connectivity index (χ4v) is 3.18. The number of amides is 3. The van der Waals surface area contributed by atoms with Gasteiger partial charge in [-0.15, -0.1) is 0 Å². The lowest BCUT2D eigenvalue weighted by atomic mass is 10.1. The van der Waals surface area contributed by atoms with Crippen molar-refractivity contribution in [2.24, 2.45) is 0 Å². The van der Waals surface area contributed by atoms with Gasteiger partial charge in [0.2, 0.25) is 5.91 Å². The van der Waals surface area contributed by atoms with Gasteiger partial charge in [0.15, 0.2) is 0 Å². The number of nitrogens with zero attached hydrogens (tertiary/aromatic N) is 2. The Morgan fingerprint density at radius 1 is 1.07 bits per heavy atom. The average Bonchev–Trinajstić information content (AvgIpc) is 3.08. The molecule has 7 nitrogen and oxygen atoms in total. The first-order chi connectivity index (χ1) is 13.6. The average molecular weight is 383 g/mol. The van der Waals surface area contributed by atoms with E-state index in [0.717, 1.165) is 12.0 Å². The number of methoxy groups -OCH3 is 2. The van der Waals surface area contributed by atoms with Gasteiger partial charge in [-0.05, 0) is 24.1 Å². The summed E-state index contributed by atoms with van der Waals surface area (Å²) in [7, 11) is 3.13. The van der Waals surface area contributed by atoms with Crippen molar-refractivity contribution in [3.63, 3.8) is 0 Å². The molecule has 0 aliphatic carbocycles. The minimum atomic E-state index is -0.218. The number of anilines is 1. The molecular weight excluding hydrogens is 358 g/mol. The van der Waals surface area contributed by atoms with Crippen LogP contribution in [0.5, 0.6) is 11.5 Å². The molecule has 1 aliphatic heterocycles. The highest BCUT2D eigenvalue weighted by molar-refractivity contribution is 5.97. The number of urea groups is 1. The maximum absolute atomic E-state index is 12.8. The van der Waals surface area contributed by atoms with Gasteiger partial charge in [0, 0.05) is 25.7 Å². The molecule has 3 rings (SSSR count). The zero-order chi connectivity index (χ0) is 19.9. The second-order valence-electron chi connectivity index (χ2n) is 6.48. The number of nitrogens with one attached hydrogen (secondary N) is 1. The van der Waals surface area contributed by atoms with E-state index < -0.39 is 0 Å². The predicted octanol–water partition coefficient (Wildman–Crippen LogP) is 2.30. The number of benzene rings is 2. The number of ether oxygens (including phenoxy) is 2. The highest BCUT2D eigenvalue weighted by Gasteiger charge is 2.32. The van der Waals surface area contributed by atoms with Crippen LogP contribution < -0.4 is 19.7 Å². The van der Waals surface area contributed by atoms with Gasteiger partial charge in [0.1, 0.15) is 18.0 Å². The van der Waals surface area contributed by atoms with Crippen LogP contribution >= 0.6 is 0 Å². The van der Waals surface area contributed by atoms with Crippen LogP contribution in [0.4, 0.5) is 10.5 Å². The minimum Gasteiger partial charge on any atom is -0.497 e. The zero-order valence-electron chi connectivity index (χ0n) is 16.2. The summed E-state index contributed by atoms with van der Waals surface area (Å²) in [6.07, 6.45) is 0.758. The van der Waals surface area contributed by atoms with E-state index in [-0.39, 0.29) is 18.5 Å². The minimum absolute atomic E-state index is 0.0381. The van der Waals surface area contributed by atoms with Gasteiger partial charge in [-0.25, -0.2) is 4.79 Å². The van der Waals surface area contributed by atoms with Crippen LogP contribution in [-0.4, -0.2) is 57.2 Å². The fraction of sp³-hybridized carbons (Fsp3) is 0.333. The third-order valence-electron chi connectivity index (χ3n) is 4.68.